The zero-order valence-corrected chi connectivity index (χ0v) is 31.1. The summed E-state index contributed by atoms with van der Waals surface area (Å²) in [6, 6.07) is 67.4. The number of rotatable bonds is 5. The number of hydrogen-bond donors (Lipinski definition) is 0. The van der Waals surface area contributed by atoms with Crippen molar-refractivity contribution in [1.29, 1.82) is 0 Å². The second kappa shape index (κ2) is 12.5. The van der Waals surface area contributed by atoms with E-state index in [1.165, 1.54) is 110 Å². The van der Waals surface area contributed by atoms with Gasteiger partial charge < -0.3 is 0 Å². The van der Waals surface area contributed by atoms with E-state index in [-0.39, 0.29) is 0 Å². The number of nitrogens with zero attached hydrogens (tertiary/aromatic N) is 1. The van der Waals surface area contributed by atoms with Gasteiger partial charge in [-0.25, -0.2) is 0 Å². The maximum absolute atomic E-state index is 4.25. The molecule has 0 fully saturated rings. The van der Waals surface area contributed by atoms with Crippen LogP contribution in [0.5, 0.6) is 0 Å². The molecule has 0 saturated heterocycles. The molecular weight excluding hydrogens is 675 g/mol. The van der Waals surface area contributed by atoms with Crippen molar-refractivity contribution in [1.82, 2.24) is 0 Å². The fourth-order valence-corrected chi connectivity index (χ4v) is 10.1. The minimum absolute atomic E-state index is 0.510. The Morgan fingerprint density at radius 2 is 0.964 bits per heavy atom. The number of aliphatic imine (C=N–C) groups is 1. The molecule has 0 radical (unpaired) electrons. The van der Waals surface area contributed by atoms with E-state index in [1.54, 1.807) is 0 Å². The minimum atomic E-state index is -0.510. The van der Waals surface area contributed by atoms with Crippen LogP contribution in [-0.4, -0.2) is 6.72 Å². The van der Waals surface area contributed by atoms with E-state index in [2.05, 4.69) is 207 Å². The van der Waals surface area contributed by atoms with Gasteiger partial charge in [0.1, 0.15) is 0 Å². The summed E-state index contributed by atoms with van der Waals surface area (Å²) in [5.41, 5.74) is 17.2. The summed E-state index contributed by atoms with van der Waals surface area (Å²) in [4.78, 5) is 4.25. The molecule has 2 aliphatic rings. The van der Waals surface area contributed by atoms with Crippen molar-refractivity contribution in [2.24, 2.45) is 4.99 Å². The molecule has 0 bridgehead atoms. The third-order valence-corrected chi connectivity index (χ3v) is 12.4. The van der Waals surface area contributed by atoms with Crippen molar-refractivity contribution in [3.05, 3.63) is 222 Å². The fraction of sp³-hybridized carbons (Fsp3) is 0.0364. The largest absolute Gasteiger partial charge is 0.273 e. The van der Waals surface area contributed by atoms with E-state index < -0.39 is 5.41 Å². The first-order valence-corrected chi connectivity index (χ1v) is 19.4. The second-order valence-electron chi connectivity index (χ2n) is 15.1. The fourth-order valence-electron chi connectivity index (χ4n) is 10.1. The Morgan fingerprint density at radius 3 is 1.66 bits per heavy atom. The van der Waals surface area contributed by atoms with Gasteiger partial charge in [-0.05, 0) is 136 Å². The summed E-state index contributed by atoms with van der Waals surface area (Å²) in [6.07, 6.45) is 4.07. The summed E-state index contributed by atoms with van der Waals surface area (Å²) in [5, 5.41) is 7.58. The second-order valence-corrected chi connectivity index (χ2v) is 15.1. The van der Waals surface area contributed by atoms with Crippen molar-refractivity contribution in [2.45, 2.75) is 12.3 Å². The highest BCUT2D eigenvalue weighted by atomic mass is 14.6. The SMILES string of the molecule is C=N/C=C\C1=C(C)c2cc(-c3c4ccccc4c(-c4ccc(-c5ccccc5)cc4)c4ccccc34)ccc2C12c1ccccc1-c1cccc3cccc2c13. The van der Waals surface area contributed by atoms with Crippen LogP contribution in [0.4, 0.5) is 0 Å². The molecule has 1 heteroatoms. The van der Waals surface area contributed by atoms with Gasteiger partial charge in [-0.3, -0.25) is 4.99 Å². The van der Waals surface area contributed by atoms with E-state index in [1.807, 2.05) is 6.20 Å². The summed E-state index contributed by atoms with van der Waals surface area (Å²) in [7, 11) is 0. The van der Waals surface area contributed by atoms with Crippen LogP contribution in [0.3, 0.4) is 0 Å². The van der Waals surface area contributed by atoms with Crippen LogP contribution in [0.2, 0.25) is 0 Å². The Labute approximate surface area is 327 Å². The third-order valence-electron chi connectivity index (χ3n) is 12.4. The van der Waals surface area contributed by atoms with Crippen LogP contribution >= 0.6 is 0 Å². The van der Waals surface area contributed by atoms with E-state index >= 15 is 0 Å². The Kier molecular flexibility index (Phi) is 7.21. The van der Waals surface area contributed by atoms with Gasteiger partial charge in [0.25, 0.3) is 0 Å². The molecule has 1 nitrogen and oxygen atoms in total. The highest BCUT2D eigenvalue weighted by Crippen LogP contribution is 2.61. The van der Waals surface area contributed by atoms with Crippen LogP contribution in [0.25, 0.3) is 82.4 Å². The Balaban J connectivity index is 1.17. The van der Waals surface area contributed by atoms with Crippen LogP contribution in [-0.2, 0) is 5.41 Å². The van der Waals surface area contributed by atoms with Crippen molar-refractivity contribution >= 4 is 44.6 Å². The van der Waals surface area contributed by atoms with Gasteiger partial charge in [-0.15, -0.1) is 0 Å². The molecule has 1 unspecified atom stereocenters. The monoisotopic (exact) mass is 711 g/mol. The lowest BCUT2D eigenvalue weighted by atomic mass is 9.61. The maximum atomic E-state index is 4.25. The standard InChI is InChI=1S/C55H37N/c1-35-47-34-40(30-31-50(47)55(48(35)32-33-56-2)49-24-11-10-18-41(49)42-23-12-16-38-17-13-25-51(55)54(38)42)53-45-21-8-6-19-43(45)52(44-20-7-9-22-46(44)53)39-28-26-37(27-29-39)36-14-4-3-5-15-36/h3-34H,2H2,1H3/b33-32-. The lowest BCUT2D eigenvalue weighted by molar-refractivity contribution is 0.766. The van der Waals surface area contributed by atoms with Crippen molar-refractivity contribution in [3.63, 3.8) is 0 Å². The summed E-state index contributed by atoms with van der Waals surface area (Å²) in [5.74, 6) is 0. The smallest absolute Gasteiger partial charge is 0.0722 e. The highest BCUT2D eigenvalue weighted by molar-refractivity contribution is 6.21. The quantitative estimate of drug-likeness (QED) is 0.124. The number of allylic oxidation sites excluding steroid dienone is 3. The van der Waals surface area contributed by atoms with E-state index in [4.69, 9.17) is 0 Å². The topological polar surface area (TPSA) is 12.4 Å². The maximum Gasteiger partial charge on any atom is 0.0722 e. The Bertz CT molecular complexity index is 3080. The molecule has 0 aromatic heterocycles. The molecule has 0 amide bonds. The van der Waals surface area contributed by atoms with E-state index in [0.29, 0.717) is 0 Å². The molecule has 0 N–H and O–H groups in total. The minimum Gasteiger partial charge on any atom is -0.273 e. The first kappa shape index (κ1) is 32.3. The molecular formula is C55H37N. The number of fused-ring (bicyclic) bond motifs is 8. The summed E-state index contributed by atoms with van der Waals surface area (Å²) >= 11 is 0. The molecule has 262 valence electrons. The molecule has 2 aliphatic carbocycles. The van der Waals surface area contributed by atoms with Gasteiger partial charge in [0, 0.05) is 6.20 Å². The first-order chi connectivity index (χ1) is 27.7. The van der Waals surface area contributed by atoms with E-state index in [9.17, 15) is 0 Å². The molecule has 9 aromatic rings. The van der Waals surface area contributed by atoms with Crippen LogP contribution in [0, 0.1) is 0 Å². The molecule has 56 heavy (non-hydrogen) atoms. The van der Waals surface area contributed by atoms with Gasteiger partial charge in [-0.1, -0.05) is 176 Å². The molecule has 0 saturated carbocycles. The molecule has 9 aromatic carbocycles. The third kappa shape index (κ3) is 4.46. The highest BCUT2D eigenvalue weighted by Gasteiger charge is 2.50. The molecule has 0 aliphatic heterocycles. The predicted octanol–water partition coefficient (Wildman–Crippen LogP) is 14.5. The van der Waals surface area contributed by atoms with Crippen LogP contribution in [0.15, 0.2) is 205 Å². The lowest BCUT2D eigenvalue weighted by Crippen LogP contribution is -2.32. The van der Waals surface area contributed by atoms with Gasteiger partial charge in [0.2, 0.25) is 0 Å². The van der Waals surface area contributed by atoms with Gasteiger partial charge in [-0.2, -0.15) is 0 Å². The normalized spacial score (nSPS) is 15.6. The van der Waals surface area contributed by atoms with Crippen molar-refractivity contribution in [3.8, 4) is 44.5 Å². The van der Waals surface area contributed by atoms with Crippen LogP contribution in [0.1, 0.15) is 29.2 Å². The zero-order chi connectivity index (χ0) is 37.4. The molecule has 1 atom stereocenters. The molecule has 11 rings (SSSR count). The predicted molar refractivity (Wildman–Crippen MR) is 238 cm³/mol. The van der Waals surface area contributed by atoms with Gasteiger partial charge >= 0.3 is 0 Å². The molecule has 1 spiro atoms. The van der Waals surface area contributed by atoms with E-state index in [0.717, 1.165) is 0 Å². The molecule has 0 heterocycles. The van der Waals surface area contributed by atoms with Crippen LogP contribution < -0.4 is 0 Å². The van der Waals surface area contributed by atoms with Gasteiger partial charge in [0.15, 0.2) is 0 Å². The summed E-state index contributed by atoms with van der Waals surface area (Å²) in [6.45, 7) is 6.14. The Morgan fingerprint density at radius 1 is 0.446 bits per heavy atom. The average molecular weight is 712 g/mol. The van der Waals surface area contributed by atoms with Crippen molar-refractivity contribution in [2.75, 3.05) is 0 Å². The number of benzene rings is 9. The first-order valence-electron chi connectivity index (χ1n) is 19.4. The number of hydrogen-bond acceptors (Lipinski definition) is 1. The van der Waals surface area contributed by atoms with Gasteiger partial charge in [0.05, 0.1) is 5.41 Å². The van der Waals surface area contributed by atoms with Crippen molar-refractivity contribution < 1.29 is 0 Å². The summed E-state index contributed by atoms with van der Waals surface area (Å²) < 4.78 is 0. The Hall–Kier alpha value is -7.09. The zero-order valence-electron chi connectivity index (χ0n) is 31.1. The lowest BCUT2D eigenvalue weighted by Gasteiger charge is -2.40. The average Bonchev–Trinajstić information content (AvgIpc) is 3.50.